The van der Waals surface area contributed by atoms with Crippen molar-refractivity contribution in [2.75, 3.05) is 5.73 Å². The summed E-state index contributed by atoms with van der Waals surface area (Å²) in [5.74, 6) is 1.37. The van der Waals surface area contributed by atoms with Crippen molar-refractivity contribution in [2.45, 2.75) is 26.3 Å². The topological polar surface area (TPSA) is 69.6 Å². The number of hydrogen-bond donors (Lipinski definition) is 1. The third kappa shape index (κ3) is 2.22. The van der Waals surface area contributed by atoms with E-state index in [9.17, 15) is 0 Å². The standard InChI is InChI=1S/C15H17N5/c1-10(2)15-18-13-8-11(16)5-6-14(13)20(15)9-12-4-3-7-17-19-12/h3-8,10H,9,16H2,1-2H3. The van der Waals surface area contributed by atoms with Gasteiger partial charge in [-0.25, -0.2) is 4.98 Å². The van der Waals surface area contributed by atoms with Crippen LogP contribution in [0.15, 0.2) is 36.5 Å². The summed E-state index contributed by atoms with van der Waals surface area (Å²) in [6.07, 6.45) is 1.68. The molecule has 0 radical (unpaired) electrons. The van der Waals surface area contributed by atoms with E-state index >= 15 is 0 Å². The van der Waals surface area contributed by atoms with Crippen LogP contribution in [0, 0.1) is 0 Å². The lowest BCUT2D eigenvalue weighted by molar-refractivity contribution is 0.668. The lowest BCUT2D eigenvalue weighted by Gasteiger charge is -2.10. The molecule has 0 aliphatic carbocycles. The molecule has 3 rings (SSSR count). The van der Waals surface area contributed by atoms with Crippen LogP contribution in [0.2, 0.25) is 0 Å². The first-order valence-electron chi connectivity index (χ1n) is 6.67. The predicted molar refractivity (Wildman–Crippen MR) is 79.4 cm³/mol. The van der Waals surface area contributed by atoms with Crippen LogP contribution in [-0.2, 0) is 6.54 Å². The predicted octanol–water partition coefficient (Wildman–Crippen LogP) is 2.58. The highest BCUT2D eigenvalue weighted by Crippen LogP contribution is 2.24. The van der Waals surface area contributed by atoms with E-state index in [1.165, 1.54) is 0 Å². The largest absolute Gasteiger partial charge is 0.399 e. The van der Waals surface area contributed by atoms with Crippen molar-refractivity contribution in [2.24, 2.45) is 0 Å². The molecule has 102 valence electrons. The third-order valence-electron chi connectivity index (χ3n) is 3.27. The Morgan fingerprint density at radius 3 is 2.80 bits per heavy atom. The first kappa shape index (κ1) is 12.6. The minimum Gasteiger partial charge on any atom is -0.399 e. The van der Waals surface area contributed by atoms with Gasteiger partial charge in [-0.05, 0) is 30.3 Å². The Morgan fingerprint density at radius 1 is 1.25 bits per heavy atom. The van der Waals surface area contributed by atoms with Crippen molar-refractivity contribution < 1.29 is 0 Å². The zero-order valence-electron chi connectivity index (χ0n) is 11.6. The Labute approximate surface area is 117 Å². The minimum atomic E-state index is 0.334. The summed E-state index contributed by atoms with van der Waals surface area (Å²) in [4.78, 5) is 4.70. The van der Waals surface area contributed by atoms with Crippen LogP contribution in [0.3, 0.4) is 0 Å². The van der Waals surface area contributed by atoms with Gasteiger partial charge in [0.2, 0.25) is 0 Å². The average Bonchev–Trinajstić information content (AvgIpc) is 2.78. The number of benzene rings is 1. The van der Waals surface area contributed by atoms with Crippen molar-refractivity contribution in [3.8, 4) is 0 Å². The van der Waals surface area contributed by atoms with Gasteiger partial charge in [0.05, 0.1) is 23.3 Å². The van der Waals surface area contributed by atoms with E-state index in [0.29, 0.717) is 12.5 Å². The van der Waals surface area contributed by atoms with Crippen LogP contribution in [0.25, 0.3) is 11.0 Å². The molecule has 2 N–H and O–H groups in total. The fourth-order valence-corrected chi connectivity index (χ4v) is 2.35. The Hall–Kier alpha value is -2.43. The SMILES string of the molecule is CC(C)c1nc2cc(N)ccc2n1Cc1cccnn1. The number of imidazole rings is 1. The summed E-state index contributed by atoms with van der Waals surface area (Å²) in [5, 5.41) is 8.09. The maximum Gasteiger partial charge on any atom is 0.112 e. The highest BCUT2D eigenvalue weighted by molar-refractivity contribution is 5.79. The zero-order chi connectivity index (χ0) is 14.1. The smallest absolute Gasteiger partial charge is 0.112 e. The van der Waals surface area contributed by atoms with Gasteiger partial charge in [0, 0.05) is 17.8 Å². The Bertz CT molecular complexity index is 731. The van der Waals surface area contributed by atoms with Gasteiger partial charge >= 0.3 is 0 Å². The summed E-state index contributed by atoms with van der Waals surface area (Å²) in [7, 11) is 0. The fraction of sp³-hybridized carbons (Fsp3) is 0.267. The van der Waals surface area contributed by atoms with Crippen molar-refractivity contribution >= 4 is 16.7 Å². The average molecular weight is 267 g/mol. The molecule has 0 aliphatic heterocycles. The van der Waals surface area contributed by atoms with E-state index in [4.69, 9.17) is 10.7 Å². The van der Waals surface area contributed by atoms with E-state index in [-0.39, 0.29) is 0 Å². The molecule has 2 heterocycles. The molecule has 20 heavy (non-hydrogen) atoms. The molecule has 5 nitrogen and oxygen atoms in total. The molecule has 0 bridgehead atoms. The van der Waals surface area contributed by atoms with E-state index in [2.05, 4.69) is 28.6 Å². The molecule has 0 atom stereocenters. The number of nitrogen functional groups attached to an aromatic ring is 1. The molecular formula is C15H17N5. The number of nitrogens with two attached hydrogens (primary N) is 1. The molecule has 2 aromatic heterocycles. The van der Waals surface area contributed by atoms with Gasteiger partial charge in [-0.1, -0.05) is 13.8 Å². The van der Waals surface area contributed by atoms with Crippen LogP contribution in [0.1, 0.15) is 31.3 Å². The van der Waals surface area contributed by atoms with E-state index in [1.807, 2.05) is 30.3 Å². The number of rotatable bonds is 3. The maximum atomic E-state index is 5.84. The van der Waals surface area contributed by atoms with Gasteiger partial charge in [-0.15, -0.1) is 0 Å². The second-order valence-corrected chi connectivity index (χ2v) is 5.17. The van der Waals surface area contributed by atoms with Crippen molar-refractivity contribution in [1.29, 1.82) is 0 Å². The van der Waals surface area contributed by atoms with E-state index in [1.54, 1.807) is 6.20 Å². The Kier molecular flexibility index (Phi) is 3.10. The summed E-state index contributed by atoms with van der Waals surface area (Å²) < 4.78 is 2.18. The van der Waals surface area contributed by atoms with Crippen molar-refractivity contribution in [3.63, 3.8) is 0 Å². The maximum absolute atomic E-state index is 5.84. The first-order valence-corrected chi connectivity index (χ1v) is 6.67. The minimum absolute atomic E-state index is 0.334. The molecular weight excluding hydrogens is 250 g/mol. The second-order valence-electron chi connectivity index (χ2n) is 5.17. The lowest BCUT2D eigenvalue weighted by Crippen LogP contribution is -2.08. The van der Waals surface area contributed by atoms with Crippen LogP contribution < -0.4 is 5.73 Å². The van der Waals surface area contributed by atoms with Gasteiger partial charge in [0.1, 0.15) is 5.82 Å². The lowest BCUT2D eigenvalue weighted by atomic mass is 10.2. The number of aromatic nitrogens is 4. The van der Waals surface area contributed by atoms with Crippen molar-refractivity contribution in [1.82, 2.24) is 19.7 Å². The molecule has 0 fully saturated rings. The van der Waals surface area contributed by atoms with Crippen LogP contribution in [0.5, 0.6) is 0 Å². The van der Waals surface area contributed by atoms with E-state index < -0.39 is 0 Å². The Balaban J connectivity index is 2.14. The summed E-state index contributed by atoms with van der Waals surface area (Å²) >= 11 is 0. The van der Waals surface area contributed by atoms with Gasteiger partial charge < -0.3 is 10.3 Å². The number of hydrogen-bond acceptors (Lipinski definition) is 4. The molecule has 0 amide bonds. The molecule has 0 saturated carbocycles. The molecule has 1 aromatic carbocycles. The normalized spacial score (nSPS) is 11.3. The van der Waals surface area contributed by atoms with Crippen LogP contribution in [-0.4, -0.2) is 19.7 Å². The molecule has 0 unspecified atom stereocenters. The molecule has 0 spiro atoms. The molecule has 0 aliphatic rings. The number of nitrogens with zero attached hydrogens (tertiary/aromatic N) is 4. The van der Waals surface area contributed by atoms with Crippen LogP contribution >= 0.6 is 0 Å². The zero-order valence-corrected chi connectivity index (χ0v) is 11.6. The van der Waals surface area contributed by atoms with Crippen LogP contribution in [0.4, 0.5) is 5.69 Å². The summed E-state index contributed by atoms with van der Waals surface area (Å²) in [6.45, 7) is 4.94. The van der Waals surface area contributed by atoms with Gasteiger partial charge in [-0.2, -0.15) is 10.2 Å². The summed E-state index contributed by atoms with van der Waals surface area (Å²) in [5.41, 5.74) is 9.50. The second kappa shape index (κ2) is 4.92. The molecule has 5 heteroatoms. The van der Waals surface area contributed by atoms with Gasteiger partial charge in [0.25, 0.3) is 0 Å². The molecule has 0 saturated heterocycles. The fourth-order valence-electron chi connectivity index (χ4n) is 2.35. The molecule has 3 aromatic rings. The highest BCUT2D eigenvalue weighted by atomic mass is 15.1. The van der Waals surface area contributed by atoms with Gasteiger partial charge in [0.15, 0.2) is 0 Å². The monoisotopic (exact) mass is 267 g/mol. The van der Waals surface area contributed by atoms with Crippen molar-refractivity contribution in [3.05, 3.63) is 48.0 Å². The third-order valence-corrected chi connectivity index (χ3v) is 3.27. The summed E-state index contributed by atoms with van der Waals surface area (Å²) in [6, 6.07) is 9.70. The number of anilines is 1. The number of fused-ring (bicyclic) bond motifs is 1. The quantitative estimate of drug-likeness (QED) is 0.740. The Morgan fingerprint density at radius 2 is 2.10 bits per heavy atom. The van der Waals surface area contributed by atoms with E-state index in [0.717, 1.165) is 28.2 Å². The first-order chi connectivity index (χ1) is 9.65. The highest BCUT2D eigenvalue weighted by Gasteiger charge is 2.14. The van der Waals surface area contributed by atoms with Gasteiger partial charge in [-0.3, -0.25) is 0 Å².